The smallest absolute Gasteiger partial charge is 0.191 e. The van der Waals surface area contributed by atoms with Crippen LogP contribution in [0.15, 0.2) is 4.99 Å². The second kappa shape index (κ2) is 8.81. The molecule has 2 rings (SSSR count). The summed E-state index contributed by atoms with van der Waals surface area (Å²) in [4.78, 5) is 10.6. The van der Waals surface area contributed by atoms with Crippen molar-refractivity contribution in [3.05, 3.63) is 15.6 Å². The Morgan fingerprint density at radius 1 is 1.38 bits per heavy atom. The number of thiazole rings is 1. The highest BCUT2D eigenvalue weighted by Gasteiger charge is 2.35. The van der Waals surface area contributed by atoms with Crippen molar-refractivity contribution in [3.8, 4) is 0 Å². The second-order valence-corrected chi connectivity index (χ2v) is 8.32. The van der Waals surface area contributed by atoms with Crippen molar-refractivity contribution in [3.63, 3.8) is 0 Å². The van der Waals surface area contributed by atoms with Crippen LogP contribution in [-0.2, 0) is 6.42 Å². The zero-order valence-corrected chi connectivity index (χ0v) is 16.3. The Bertz CT molecular complexity index is 557. The molecule has 0 aromatic carbocycles. The summed E-state index contributed by atoms with van der Waals surface area (Å²) in [5.41, 5.74) is 1.05. The van der Waals surface area contributed by atoms with Crippen LogP contribution in [0.4, 0.5) is 0 Å². The molecule has 1 heterocycles. The van der Waals surface area contributed by atoms with Gasteiger partial charge in [0.15, 0.2) is 5.96 Å². The van der Waals surface area contributed by atoms with Gasteiger partial charge in [0.25, 0.3) is 0 Å². The first-order valence-electron chi connectivity index (χ1n) is 9.08. The lowest BCUT2D eigenvalue weighted by Gasteiger charge is -2.37. The summed E-state index contributed by atoms with van der Waals surface area (Å²) < 4.78 is 0. The molecule has 1 aliphatic carbocycles. The fraction of sp³-hybridized carbons (Fsp3) is 0.778. The number of aryl methyl sites for hydroxylation is 2. The van der Waals surface area contributed by atoms with Crippen LogP contribution in [0.3, 0.4) is 0 Å². The van der Waals surface area contributed by atoms with Gasteiger partial charge in [0.2, 0.25) is 0 Å². The molecule has 0 spiro atoms. The molecule has 0 saturated heterocycles. The maximum absolute atomic E-state index is 10.3. The van der Waals surface area contributed by atoms with Gasteiger partial charge >= 0.3 is 0 Å². The van der Waals surface area contributed by atoms with Crippen molar-refractivity contribution in [2.45, 2.75) is 65.9 Å². The summed E-state index contributed by atoms with van der Waals surface area (Å²) >= 11 is 1.77. The molecule has 3 N–H and O–H groups in total. The van der Waals surface area contributed by atoms with Crippen LogP contribution in [0.5, 0.6) is 0 Å². The highest BCUT2D eigenvalue weighted by Crippen LogP contribution is 2.36. The lowest BCUT2D eigenvalue weighted by molar-refractivity contribution is 0.00716. The molecule has 24 heavy (non-hydrogen) atoms. The highest BCUT2D eigenvalue weighted by atomic mass is 32.1. The van der Waals surface area contributed by atoms with Gasteiger partial charge < -0.3 is 15.7 Å². The van der Waals surface area contributed by atoms with E-state index in [9.17, 15) is 5.11 Å². The number of aliphatic hydroxyl groups excluding tert-OH is 1. The van der Waals surface area contributed by atoms with Gasteiger partial charge in [-0.1, -0.05) is 19.8 Å². The molecule has 0 bridgehead atoms. The average molecular weight is 353 g/mol. The second-order valence-electron chi connectivity index (χ2n) is 7.03. The van der Waals surface area contributed by atoms with E-state index in [2.05, 4.69) is 43.3 Å². The van der Waals surface area contributed by atoms with Gasteiger partial charge in [0.1, 0.15) is 0 Å². The first-order valence-corrected chi connectivity index (χ1v) is 9.89. The first kappa shape index (κ1) is 19.2. The molecule has 5 nitrogen and oxygen atoms in total. The molecular formula is C18H32N4OS. The summed E-state index contributed by atoms with van der Waals surface area (Å²) in [6.07, 6.45) is 5.00. The largest absolute Gasteiger partial charge is 0.392 e. The van der Waals surface area contributed by atoms with Crippen LogP contribution >= 0.6 is 11.3 Å². The van der Waals surface area contributed by atoms with Gasteiger partial charge in [-0.3, -0.25) is 4.99 Å². The molecule has 1 aliphatic rings. The molecule has 0 amide bonds. The number of guanidine groups is 1. The van der Waals surface area contributed by atoms with Crippen molar-refractivity contribution in [1.82, 2.24) is 15.6 Å². The summed E-state index contributed by atoms with van der Waals surface area (Å²) in [7, 11) is 0. The molecule has 1 fully saturated rings. The van der Waals surface area contributed by atoms with E-state index in [1.54, 1.807) is 11.3 Å². The third-order valence-electron chi connectivity index (χ3n) is 4.87. The van der Waals surface area contributed by atoms with E-state index in [1.807, 2.05) is 0 Å². The summed E-state index contributed by atoms with van der Waals surface area (Å²) in [6.45, 7) is 10.7. The van der Waals surface area contributed by atoms with Crippen LogP contribution < -0.4 is 10.6 Å². The van der Waals surface area contributed by atoms with E-state index in [4.69, 9.17) is 4.99 Å². The number of hydrogen-bond donors (Lipinski definition) is 3. The minimum Gasteiger partial charge on any atom is -0.392 e. The van der Waals surface area contributed by atoms with Crippen molar-refractivity contribution >= 4 is 17.3 Å². The van der Waals surface area contributed by atoms with E-state index in [0.29, 0.717) is 6.54 Å². The lowest BCUT2D eigenvalue weighted by atomic mass is 9.73. The zero-order valence-electron chi connectivity index (χ0n) is 15.5. The predicted octanol–water partition coefficient (Wildman–Crippen LogP) is 2.80. The Labute approximate surface area is 150 Å². The van der Waals surface area contributed by atoms with Crippen LogP contribution in [-0.4, -0.2) is 41.8 Å². The number of aliphatic imine (C=N–C) groups is 1. The molecule has 0 aliphatic heterocycles. The summed E-state index contributed by atoms with van der Waals surface area (Å²) in [5, 5.41) is 18.2. The fourth-order valence-corrected chi connectivity index (χ4v) is 4.20. The van der Waals surface area contributed by atoms with Crippen LogP contribution in [0.2, 0.25) is 0 Å². The summed E-state index contributed by atoms with van der Waals surface area (Å²) in [5.74, 6) is 0.843. The minimum absolute atomic E-state index is 0.0913. The molecule has 1 aromatic heterocycles. The zero-order chi connectivity index (χ0) is 17.6. The van der Waals surface area contributed by atoms with Crippen LogP contribution in [0.25, 0.3) is 0 Å². The maximum Gasteiger partial charge on any atom is 0.191 e. The number of aliphatic hydroxyl groups is 1. The molecule has 1 saturated carbocycles. The van der Waals surface area contributed by atoms with Gasteiger partial charge in [0, 0.05) is 29.8 Å². The van der Waals surface area contributed by atoms with E-state index in [0.717, 1.165) is 55.4 Å². The lowest BCUT2D eigenvalue weighted by Crippen LogP contribution is -2.42. The molecular weight excluding hydrogens is 320 g/mol. The van der Waals surface area contributed by atoms with E-state index >= 15 is 0 Å². The molecule has 1 aromatic rings. The van der Waals surface area contributed by atoms with Crippen LogP contribution in [0, 0.1) is 19.3 Å². The first-order chi connectivity index (χ1) is 11.4. The average Bonchev–Trinajstić information content (AvgIpc) is 2.86. The Morgan fingerprint density at radius 2 is 2.17 bits per heavy atom. The van der Waals surface area contributed by atoms with Crippen molar-refractivity contribution in [1.29, 1.82) is 0 Å². The molecule has 2 unspecified atom stereocenters. The number of nitrogens with zero attached hydrogens (tertiary/aromatic N) is 2. The van der Waals surface area contributed by atoms with E-state index in [1.165, 1.54) is 11.3 Å². The molecule has 6 heteroatoms. The molecule has 136 valence electrons. The maximum atomic E-state index is 10.3. The van der Waals surface area contributed by atoms with Crippen molar-refractivity contribution in [2.24, 2.45) is 10.4 Å². The van der Waals surface area contributed by atoms with E-state index in [-0.39, 0.29) is 11.5 Å². The SMILES string of the molecule is CCNC(=NCC1(C)CCCCC1O)NCCc1sc(C)nc1C. The number of nitrogens with one attached hydrogen (secondary N) is 2. The van der Waals surface area contributed by atoms with Gasteiger partial charge in [-0.2, -0.15) is 0 Å². The topological polar surface area (TPSA) is 69.5 Å². The van der Waals surface area contributed by atoms with Crippen molar-refractivity contribution < 1.29 is 5.11 Å². The third kappa shape index (κ3) is 5.18. The molecule has 0 radical (unpaired) electrons. The van der Waals surface area contributed by atoms with Gasteiger partial charge in [-0.25, -0.2) is 4.98 Å². The Morgan fingerprint density at radius 3 is 2.79 bits per heavy atom. The number of rotatable bonds is 6. The Kier molecular flexibility index (Phi) is 7.04. The Balaban J connectivity index is 1.89. The van der Waals surface area contributed by atoms with Gasteiger partial charge in [-0.05, 0) is 33.6 Å². The fourth-order valence-electron chi connectivity index (χ4n) is 3.27. The monoisotopic (exact) mass is 352 g/mol. The van der Waals surface area contributed by atoms with E-state index < -0.39 is 0 Å². The van der Waals surface area contributed by atoms with Gasteiger partial charge in [-0.15, -0.1) is 11.3 Å². The van der Waals surface area contributed by atoms with Crippen molar-refractivity contribution in [2.75, 3.05) is 19.6 Å². The quantitative estimate of drug-likeness (QED) is 0.544. The molecule has 2 atom stereocenters. The normalized spacial score (nSPS) is 24.9. The third-order valence-corrected chi connectivity index (χ3v) is 6.00. The minimum atomic E-state index is -0.235. The summed E-state index contributed by atoms with van der Waals surface area (Å²) in [6, 6.07) is 0. The van der Waals surface area contributed by atoms with Gasteiger partial charge in [0.05, 0.1) is 23.4 Å². The Hall–Kier alpha value is -1.14. The predicted molar refractivity (Wildman–Crippen MR) is 102 cm³/mol. The standard InChI is InChI=1S/C18H32N4OS/c1-5-19-17(20-11-9-15-13(2)22-14(3)24-15)21-12-18(4)10-7-6-8-16(18)23/h16,23H,5-12H2,1-4H3,(H2,19,20,21). The number of aromatic nitrogens is 1. The number of hydrogen-bond acceptors (Lipinski definition) is 4. The van der Waals surface area contributed by atoms with Crippen LogP contribution in [0.1, 0.15) is 55.1 Å². The highest BCUT2D eigenvalue weighted by molar-refractivity contribution is 7.11.